The van der Waals surface area contributed by atoms with Crippen LogP contribution in [0.1, 0.15) is 18.9 Å². The van der Waals surface area contributed by atoms with Crippen molar-refractivity contribution in [3.8, 4) is 17.4 Å². The van der Waals surface area contributed by atoms with Crippen LogP contribution in [0.4, 0.5) is 18.9 Å². The molecule has 3 rings (SSSR count). The summed E-state index contributed by atoms with van der Waals surface area (Å²) >= 11 is 0. The molecular formula is C20H24F3IN4O3. The van der Waals surface area contributed by atoms with E-state index >= 15 is 0 Å². The van der Waals surface area contributed by atoms with Crippen LogP contribution < -0.4 is 24.8 Å². The molecule has 2 aromatic rings. The number of fused-ring (bicyclic) bond motifs is 1. The summed E-state index contributed by atoms with van der Waals surface area (Å²) in [6.45, 7) is 2.37. The number of ether oxygens (including phenoxy) is 3. The molecule has 11 heteroatoms. The number of aromatic nitrogens is 1. The Morgan fingerprint density at radius 3 is 2.71 bits per heavy atom. The van der Waals surface area contributed by atoms with Crippen molar-refractivity contribution in [1.29, 1.82) is 0 Å². The molecule has 0 spiro atoms. The molecule has 1 aliphatic heterocycles. The summed E-state index contributed by atoms with van der Waals surface area (Å²) in [6.07, 6.45) is -2.25. The molecule has 0 amide bonds. The largest absolute Gasteiger partial charge is 0.490 e. The Bertz CT molecular complexity index is 881. The minimum absolute atomic E-state index is 0. The van der Waals surface area contributed by atoms with Crippen LogP contribution in [0, 0.1) is 0 Å². The first kappa shape index (κ1) is 24.8. The summed E-state index contributed by atoms with van der Waals surface area (Å²) < 4.78 is 53.5. The number of pyridine rings is 1. The summed E-state index contributed by atoms with van der Waals surface area (Å²) in [7, 11) is 0. The average molecular weight is 552 g/mol. The number of nitrogens with one attached hydrogen (secondary N) is 2. The number of guanidine groups is 1. The van der Waals surface area contributed by atoms with Crippen molar-refractivity contribution in [1.82, 2.24) is 10.3 Å². The molecule has 0 aliphatic carbocycles. The Morgan fingerprint density at radius 2 is 1.97 bits per heavy atom. The molecule has 0 radical (unpaired) electrons. The first-order chi connectivity index (χ1) is 14.4. The second-order valence-electron chi connectivity index (χ2n) is 6.40. The number of benzene rings is 1. The lowest BCUT2D eigenvalue weighted by Gasteiger charge is -2.14. The van der Waals surface area contributed by atoms with Crippen LogP contribution >= 0.6 is 24.0 Å². The van der Waals surface area contributed by atoms with E-state index in [0.29, 0.717) is 42.8 Å². The van der Waals surface area contributed by atoms with Gasteiger partial charge < -0.3 is 24.8 Å². The minimum atomic E-state index is -4.44. The van der Waals surface area contributed by atoms with Gasteiger partial charge in [0.2, 0.25) is 5.88 Å². The molecule has 1 aliphatic rings. The zero-order valence-electron chi connectivity index (χ0n) is 16.9. The van der Waals surface area contributed by atoms with E-state index in [9.17, 15) is 13.2 Å². The Hall–Kier alpha value is -2.44. The SMILES string of the molecule is CCNC(=NCc1cccnc1OCC(F)(F)F)Nc1ccc2c(c1)OCCCO2.I. The molecular weight excluding hydrogens is 528 g/mol. The first-order valence-electron chi connectivity index (χ1n) is 9.53. The fourth-order valence-electron chi connectivity index (χ4n) is 2.67. The average Bonchev–Trinajstić information content (AvgIpc) is 2.95. The highest BCUT2D eigenvalue weighted by molar-refractivity contribution is 14.0. The number of rotatable bonds is 6. The number of alkyl halides is 3. The van der Waals surface area contributed by atoms with Gasteiger partial charge in [-0.1, -0.05) is 6.07 Å². The highest BCUT2D eigenvalue weighted by atomic mass is 127. The van der Waals surface area contributed by atoms with Crippen molar-refractivity contribution >= 4 is 35.6 Å². The maximum atomic E-state index is 12.5. The van der Waals surface area contributed by atoms with E-state index in [2.05, 4.69) is 20.6 Å². The smallest absolute Gasteiger partial charge is 0.422 e. The summed E-state index contributed by atoms with van der Waals surface area (Å²) in [5.74, 6) is 1.69. The van der Waals surface area contributed by atoms with Gasteiger partial charge in [-0.05, 0) is 25.1 Å². The van der Waals surface area contributed by atoms with E-state index in [1.165, 1.54) is 6.20 Å². The molecule has 2 heterocycles. The molecule has 31 heavy (non-hydrogen) atoms. The fourth-order valence-corrected chi connectivity index (χ4v) is 2.67. The first-order valence-corrected chi connectivity index (χ1v) is 9.53. The van der Waals surface area contributed by atoms with Crippen molar-refractivity contribution in [2.75, 3.05) is 31.7 Å². The molecule has 0 saturated heterocycles. The number of aliphatic imine (C=N–C) groups is 1. The second-order valence-corrected chi connectivity index (χ2v) is 6.40. The van der Waals surface area contributed by atoms with Gasteiger partial charge in [-0.15, -0.1) is 24.0 Å². The van der Waals surface area contributed by atoms with Crippen LogP contribution in [0.2, 0.25) is 0 Å². The van der Waals surface area contributed by atoms with Gasteiger partial charge in [0.15, 0.2) is 24.1 Å². The standard InChI is InChI=1S/C20H23F3N4O3.HI/c1-2-24-19(27-15-6-7-16-17(11-15)29-10-4-9-28-16)26-12-14-5-3-8-25-18(14)30-13-20(21,22)23;/h3,5-8,11H,2,4,9-10,12-13H2,1H3,(H2,24,26,27);1H. The molecule has 0 fully saturated rings. The van der Waals surface area contributed by atoms with Crippen LogP contribution in [0.15, 0.2) is 41.5 Å². The highest BCUT2D eigenvalue weighted by Gasteiger charge is 2.29. The lowest BCUT2D eigenvalue weighted by molar-refractivity contribution is -0.154. The van der Waals surface area contributed by atoms with Crippen LogP contribution in [-0.4, -0.2) is 43.5 Å². The summed E-state index contributed by atoms with van der Waals surface area (Å²) in [5, 5.41) is 6.25. The van der Waals surface area contributed by atoms with Crippen molar-refractivity contribution < 1.29 is 27.4 Å². The van der Waals surface area contributed by atoms with Gasteiger partial charge in [0, 0.05) is 36.5 Å². The van der Waals surface area contributed by atoms with Gasteiger partial charge in [-0.2, -0.15) is 13.2 Å². The van der Waals surface area contributed by atoms with E-state index in [1.807, 2.05) is 25.1 Å². The normalized spacial score (nSPS) is 13.6. The highest BCUT2D eigenvalue weighted by Crippen LogP contribution is 2.32. The molecule has 1 aromatic heterocycles. The number of hydrogen-bond acceptors (Lipinski definition) is 5. The maximum absolute atomic E-state index is 12.5. The third kappa shape index (κ3) is 7.96. The number of halogens is 4. The third-order valence-electron chi connectivity index (χ3n) is 3.98. The third-order valence-corrected chi connectivity index (χ3v) is 3.98. The summed E-state index contributed by atoms with van der Waals surface area (Å²) in [4.78, 5) is 8.32. The van der Waals surface area contributed by atoms with E-state index in [0.717, 1.165) is 12.1 Å². The van der Waals surface area contributed by atoms with E-state index in [4.69, 9.17) is 14.2 Å². The Morgan fingerprint density at radius 1 is 1.19 bits per heavy atom. The topological polar surface area (TPSA) is 77.0 Å². The van der Waals surface area contributed by atoms with Gasteiger partial charge in [-0.25, -0.2) is 9.98 Å². The fraction of sp³-hybridized carbons (Fsp3) is 0.400. The zero-order chi connectivity index (χ0) is 21.4. The molecule has 170 valence electrons. The van der Waals surface area contributed by atoms with Crippen LogP contribution in [0.25, 0.3) is 0 Å². The molecule has 0 saturated carbocycles. The van der Waals surface area contributed by atoms with Crippen LogP contribution in [0.3, 0.4) is 0 Å². The summed E-state index contributed by atoms with van der Waals surface area (Å²) in [6, 6.07) is 8.71. The van der Waals surface area contributed by atoms with Crippen LogP contribution in [-0.2, 0) is 6.54 Å². The van der Waals surface area contributed by atoms with Crippen molar-refractivity contribution in [2.24, 2.45) is 4.99 Å². The molecule has 1 aromatic carbocycles. The monoisotopic (exact) mass is 552 g/mol. The number of nitrogens with zero attached hydrogens (tertiary/aromatic N) is 2. The Balaban J connectivity index is 0.00000341. The predicted octanol–water partition coefficient (Wildman–Crippen LogP) is 4.38. The summed E-state index contributed by atoms with van der Waals surface area (Å²) in [5.41, 5.74) is 1.18. The molecule has 7 nitrogen and oxygen atoms in total. The van der Waals surface area contributed by atoms with Gasteiger partial charge >= 0.3 is 6.18 Å². The number of hydrogen-bond donors (Lipinski definition) is 2. The van der Waals surface area contributed by atoms with Crippen molar-refractivity contribution in [3.63, 3.8) is 0 Å². The quantitative estimate of drug-likeness (QED) is 0.315. The maximum Gasteiger partial charge on any atom is 0.422 e. The van der Waals surface area contributed by atoms with Crippen molar-refractivity contribution in [3.05, 3.63) is 42.1 Å². The minimum Gasteiger partial charge on any atom is -0.490 e. The van der Waals surface area contributed by atoms with Crippen LogP contribution in [0.5, 0.6) is 17.4 Å². The van der Waals surface area contributed by atoms with Gasteiger partial charge in [0.25, 0.3) is 0 Å². The second kappa shape index (κ2) is 11.8. The van der Waals surface area contributed by atoms with Gasteiger partial charge in [0.05, 0.1) is 19.8 Å². The lowest BCUT2D eigenvalue weighted by Crippen LogP contribution is -2.30. The molecule has 0 bridgehead atoms. The molecule has 0 unspecified atom stereocenters. The van der Waals surface area contributed by atoms with E-state index in [1.54, 1.807) is 12.1 Å². The molecule has 0 atom stereocenters. The van der Waals surface area contributed by atoms with Gasteiger partial charge in [-0.3, -0.25) is 0 Å². The zero-order valence-corrected chi connectivity index (χ0v) is 19.2. The lowest BCUT2D eigenvalue weighted by atomic mass is 10.2. The predicted molar refractivity (Wildman–Crippen MR) is 122 cm³/mol. The van der Waals surface area contributed by atoms with E-state index in [-0.39, 0.29) is 36.4 Å². The Kier molecular flexibility index (Phi) is 9.46. The molecule has 2 N–H and O–H groups in total. The van der Waals surface area contributed by atoms with E-state index < -0.39 is 12.8 Å². The number of anilines is 1. The Labute approximate surface area is 195 Å². The van der Waals surface area contributed by atoms with Crippen molar-refractivity contribution in [2.45, 2.75) is 26.1 Å². The van der Waals surface area contributed by atoms with Gasteiger partial charge in [0.1, 0.15) is 0 Å².